The van der Waals surface area contributed by atoms with Crippen LogP contribution in [-0.2, 0) is 26.9 Å². The number of likely N-dealkylation sites (tertiary alicyclic amines) is 1. The summed E-state index contributed by atoms with van der Waals surface area (Å²) in [5.74, 6) is 0. The molecule has 6 heteroatoms. The van der Waals surface area contributed by atoms with Gasteiger partial charge >= 0.3 is 0 Å². The molecule has 2 aromatic rings. The maximum absolute atomic E-state index is 13.6. The van der Waals surface area contributed by atoms with E-state index >= 15 is 0 Å². The lowest BCUT2D eigenvalue weighted by Crippen LogP contribution is -2.51. The minimum atomic E-state index is -1.35. The highest BCUT2D eigenvalue weighted by atomic mass is 32.2. The molecule has 4 atom stereocenters. The quantitative estimate of drug-likeness (QED) is 0.734. The fourth-order valence-corrected chi connectivity index (χ4v) is 5.43. The zero-order chi connectivity index (χ0) is 20.9. The molecule has 0 bridgehead atoms. The van der Waals surface area contributed by atoms with Crippen LogP contribution >= 0.6 is 0 Å². The Kier molecular flexibility index (Phi) is 7.12. The normalized spacial score (nSPS) is 25.8. The number of aliphatic hydroxyl groups is 1. The van der Waals surface area contributed by atoms with Crippen molar-refractivity contribution in [2.24, 2.45) is 0 Å². The average Bonchev–Trinajstić information content (AvgIpc) is 3.32. The number of nitrogens with zero attached hydrogens (tertiary/aromatic N) is 1. The van der Waals surface area contributed by atoms with Crippen molar-refractivity contribution >= 4 is 10.8 Å². The largest absolute Gasteiger partial charge is 0.393 e. The lowest BCUT2D eigenvalue weighted by molar-refractivity contribution is -0.202. The summed E-state index contributed by atoms with van der Waals surface area (Å²) in [6.45, 7) is 4.09. The number of hydrogen-bond acceptors (Lipinski definition) is 5. The topological polar surface area (TPSA) is 59.0 Å². The van der Waals surface area contributed by atoms with E-state index in [4.69, 9.17) is 9.47 Å². The van der Waals surface area contributed by atoms with Crippen LogP contribution < -0.4 is 0 Å². The van der Waals surface area contributed by atoms with Gasteiger partial charge in [0.05, 0.1) is 30.1 Å². The lowest BCUT2D eigenvalue weighted by Gasteiger charge is -2.40. The second-order valence-electron chi connectivity index (χ2n) is 7.86. The summed E-state index contributed by atoms with van der Waals surface area (Å²) >= 11 is 0. The number of rotatable bonds is 7. The Morgan fingerprint density at radius 1 is 1.10 bits per heavy atom. The Hall–Kier alpha value is -1.83. The molecule has 1 N–H and O–H groups in total. The Morgan fingerprint density at radius 2 is 1.80 bits per heavy atom. The summed E-state index contributed by atoms with van der Waals surface area (Å²) in [5, 5.41) is 9.81. The number of benzene rings is 2. The smallest absolute Gasteiger partial charge is 0.179 e. The third kappa shape index (κ3) is 4.90. The van der Waals surface area contributed by atoms with Gasteiger partial charge in [0.2, 0.25) is 0 Å². The van der Waals surface area contributed by atoms with Crippen LogP contribution in [0.2, 0.25) is 0 Å². The van der Waals surface area contributed by atoms with Crippen molar-refractivity contribution in [1.82, 2.24) is 4.90 Å². The lowest BCUT2D eigenvalue weighted by atomic mass is 10.1. The Morgan fingerprint density at radius 3 is 2.47 bits per heavy atom. The number of aryl methyl sites for hydroxylation is 1. The van der Waals surface area contributed by atoms with Gasteiger partial charge < -0.3 is 14.6 Å². The fourth-order valence-electron chi connectivity index (χ4n) is 4.02. The highest BCUT2D eigenvalue weighted by molar-refractivity contribution is 7.89. The van der Waals surface area contributed by atoms with Crippen LogP contribution in [0.25, 0.3) is 0 Å². The van der Waals surface area contributed by atoms with E-state index in [2.05, 4.69) is 4.90 Å². The van der Waals surface area contributed by atoms with E-state index in [1.165, 1.54) is 0 Å². The molecule has 2 aromatic carbocycles. The SMILES string of the molecule is Cc1ccc(S(=O)C2=C[C@@H](CO)O[C@H](OCc3ccccc3)C2N2CCCC2)cc1. The summed E-state index contributed by atoms with van der Waals surface area (Å²) in [6, 6.07) is 17.5. The number of hydrogen-bond donors (Lipinski definition) is 1. The van der Waals surface area contributed by atoms with Gasteiger partial charge in [0.25, 0.3) is 0 Å². The number of ether oxygens (including phenoxy) is 2. The van der Waals surface area contributed by atoms with Gasteiger partial charge in [0.15, 0.2) is 6.29 Å². The molecular formula is C24H29NO4S. The van der Waals surface area contributed by atoms with Gasteiger partial charge in [-0.25, -0.2) is 4.21 Å². The van der Waals surface area contributed by atoms with Crippen LogP contribution in [0.15, 0.2) is 70.5 Å². The van der Waals surface area contributed by atoms with E-state index in [9.17, 15) is 9.32 Å². The van der Waals surface area contributed by atoms with Crippen molar-refractivity contribution in [3.63, 3.8) is 0 Å². The standard InChI is InChI=1S/C24H29NO4S/c1-18-9-11-21(12-10-18)30(27)22-15-20(16-26)29-24(23(22)25-13-5-6-14-25)28-17-19-7-3-2-4-8-19/h2-4,7-12,15,20,23-24,26H,5-6,13-14,16-17H2,1H3/t20-,23?,24-,30?/m0/s1. The molecule has 0 aromatic heterocycles. The fraction of sp³-hybridized carbons (Fsp3) is 0.417. The third-order valence-electron chi connectivity index (χ3n) is 5.63. The van der Waals surface area contributed by atoms with Gasteiger partial charge in [0, 0.05) is 9.80 Å². The summed E-state index contributed by atoms with van der Waals surface area (Å²) in [5.41, 5.74) is 2.18. The second-order valence-corrected chi connectivity index (χ2v) is 9.34. The van der Waals surface area contributed by atoms with E-state index < -0.39 is 23.2 Å². The first-order valence-corrected chi connectivity index (χ1v) is 11.7. The monoisotopic (exact) mass is 427 g/mol. The van der Waals surface area contributed by atoms with Crippen LogP contribution in [0.3, 0.4) is 0 Å². The maximum Gasteiger partial charge on any atom is 0.179 e. The first-order valence-electron chi connectivity index (χ1n) is 10.5. The minimum absolute atomic E-state index is 0.174. The zero-order valence-corrected chi connectivity index (χ0v) is 18.1. The molecule has 160 valence electrons. The van der Waals surface area contributed by atoms with Crippen molar-refractivity contribution in [2.45, 2.75) is 49.7 Å². The average molecular weight is 428 g/mol. The van der Waals surface area contributed by atoms with Gasteiger partial charge in [-0.15, -0.1) is 0 Å². The van der Waals surface area contributed by atoms with Crippen molar-refractivity contribution < 1.29 is 18.8 Å². The molecule has 0 spiro atoms. The minimum Gasteiger partial charge on any atom is -0.393 e. The highest BCUT2D eigenvalue weighted by Gasteiger charge is 2.41. The van der Waals surface area contributed by atoms with E-state index in [0.29, 0.717) is 6.61 Å². The van der Waals surface area contributed by atoms with Gasteiger partial charge in [0.1, 0.15) is 6.10 Å². The molecular weight excluding hydrogens is 398 g/mol. The summed E-state index contributed by atoms with van der Waals surface area (Å²) in [6.07, 6.45) is 2.93. The molecule has 1 saturated heterocycles. The highest BCUT2D eigenvalue weighted by Crippen LogP contribution is 2.33. The summed E-state index contributed by atoms with van der Waals surface area (Å²) < 4.78 is 25.9. The predicted octanol–water partition coefficient (Wildman–Crippen LogP) is 3.38. The molecule has 2 aliphatic heterocycles. The van der Waals surface area contributed by atoms with Crippen LogP contribution in [0.4, 0.5) is 0 Å². The van der Waals surface area contributed by atoms with Crippen molar-refractivity contribution in [3.8, 4) is 0 Å². The Bertz CT molecular complexity index is 878. The molecule has 1 fully saturated rings. The van der Waals surface area contributed by atoms with Crippen molar-refractivity contribution in [1.29, 1.82) is 0 Å². The Labute approximate surface area is 180 Å². The van der Waals surface area contributed by atoms with Gasteiger partial charge in [-0.2, -0.15) is 0 Å². The van der Waals surface area contributed by atoms with Crippen LogP contribution in [0.5, 0.6) is 0 Å². The summed E-state index contributed by atoms with van der Waals surface area (Å²) in [4.78, 5) is 3.84. The number of aliphatic hydroxyl groups excluding tert-OH is 1. The molecule has 0 amide bonds. The summed E-state index contributed by atoms with van der Waals surface area (Å²) in [7, 11) is -1.35. The third-order valence-corrected chi connectivity index (χ3v) is 7.13. The van der Waals surface area contributed by atoms with E-state index in [-0.39, 0.29) is 12.6 Å². The van der Waals surface area contributed by atoms with Crippen molar-refractivity contribution in [2.75, 3.05) is 19.7 Å². The van der Waals surface area contributed by atoms with E-state index in [0.717, 1.165) is 46.9 Å². The Balaban J connectivity index is 1.63. The van der Waals surface area contributed by atoms with Gasteiger partial charge in [-0.3, -0.25) is 4.90 Å². The zero-order valence-electron chi connectivity index (χ0n) is 17.3. The van der Waals surface area contributed by atoms with Gasteiger partial charge in [-0.05, 0) is 56.6 Å². The first kappa shape index (κ1) is 21.4. The first-order chi connectivity index (χ1) is 14.7. The van der Waals surface area contributed by atoms with E-state index in [1.807, 2.05) is 67.6 Å². The molecule has 2 unspecified atom stereocenters. The molecule has 0 radical (unpaired) electrons. The van der Waals surface area contributed by atoms with E-state index in [1.54, 1.807) is 0 Å². The molecule has 0 aliphatic carbocycles. The molecule has 4 rings (SSSR count). The van der Waals surface area contributed by atoms with Crippen LogP contribution in [0.1, 0.15) is 24.0 Å². The molecule has 5 nitrogen and oxygen atoms in total. The molecule has 0 saturated carbocycles. The van der Waals surface area contributed by atoms with Crippen LogP contribution in [0, 0.1) is 6.92 Å². The predicted molar refractivity (Wildman–Crippen MR) is 117 cm³/mol. The second kappa shape index (κ2) is 9.98. The molecule has 2 aliphatic rings. The maximum atomic E-state index is 13.6. The van der Waals surface area contributed by atoms with Crippen LogP contribution in [-0.4, -0.2) is 52.3 Å². The van der Waals surface area contributed by atoms with Crippen molar-refractivity contribution in [3.05, 3.63) is 76.7 Å². The molecule has 30 heavy (non-hydrogen) atoms. The van der Waals surface area contributed by atoms with Gasteiger partial charge in [-0.1, -0.05) is 48.0 Å². The molecule has 2 heterocycles.